The summed E-state index contributed by atoms with van der Waals surface area (Å²) in [6.07, 6.45) is 3.23. The molecule has 0 heterocycles. The first kappa shape index (κ1) is 18.4. The fourth-order valence-corrected chi connectivity index (χ4v) is 2.61. The largest absolute Gasteiger partial charge is 0.465 e. The number of rotatable bonds is 9. The molecule has 0 radical (unpaired) electrons. The number of hydrogen-bond acceptors (Lipinski definition) is 3. The quantitative estimate of drug-likeness (QED) is 0.505. The van der Waals surface area contributed by atoms with Crippen LogP contribution in [-0.4, -0.2) is 18.4 Å². The number of hydrogen-bond donors (Lipinski definition) is 0. The Morgan fingerprint density at radius 1 is 1.14 bits per heavy atom. The third-order valence-electron chi connectivity index (χ3n) is 4.16. The van der Waals surface area contributed by atoms with Crippen molar-refractivity contribution in [2.24, 2.45) is 5.92 Å². The Hall–Kier alpha value is -1.64. The first-order valence-corrected chi connectivity index (χ1v) is 8.11. The van der Waals surface area contributed by atoms with E-state index in [4.69, 9.17) is 4.74 Å². The van der Waals surface area contributed by atoms with Gasteiger partial charge in [-0.3, -0.25) is 4.79 Å². The standard InChI is InChI=1S/C19H28O3/c1-5-6-10-13-22-18(21)17(14-15(2)20)19(3,4)16-11-8-7-9-12-16/h7-9,11-12,17H,5-6,10,13-14H2,1-4H3. The van der Waals surface area contributed by atoms with Crippen molar-refractivity contribution in [1.82, 2.24) is 0 Å². The van der Waals surface area contributed by atoms with Gasteiger partial charge in [0.25, 0.3) is 0 Å². The molecule has 3 nitrogen and oxygen atoms in total. The fourth-order valence-electron chi connectivity index (χ4n) is 2.61. The van der Waals surface area contributed by atoms with Crippen molar-refractivity contribution in [3.05, 3.63) is 35.9 Å². The van der Waals surface area contributed by atoms with Crippen molar-refractivity contribution in [3.63, 3.8) is 0 Å². The summed E-state index contributed by atoms with van der Waals surface area (Å²) in [5.74, 6) is -0.700. The molecule has 122 valence electrons. The maximum atomic E-state index is 12.5. The number of unbranched alkanes of at least 4 members (excludes halogenated alkanes) is 2. The summed E-state index contributed by atoms with van der Waals surface area (Å²) in [6, 6.07) is 9.85. The van der Waals surface area contributed by atoms with Crippen molar-refractivity contribution in [2.75, 3.05) is 6.61 Å². The second-order valence-electron chi connectivity index (χ2n) is 6.42. The van der Waals surface area contributed by atoms with Crippen LogP contribution in [0.4, 0.5) is 0 Å². The maximum absolute atomic E-state index is 12.5. The van der Waals surface area contributed by atoms with Gasteiger partial charge in [0.05, 0.1) is 12.5 Å². The summed E-state index contributed by atoms with van der Waals surface area (Å²) >= 11 is 0. The molecule has 0 amide bonds. The fraction of sp³-hybridized carbons (Fsp3) is 0.579. The molecule has 0 saturated heterocycles. The Morgan fingerprint density at radius 3 is 2.32 bits per heavy atom. The number of ketones is 1. The molecule has 0 bridgehead atoms. The van der Waals surface area contributed by atoms with Crippen molar-refractivity contribution < 1.29 is 14.3 Å². The van der Waals surface area contributed by atoms with Gasteiger partial charge in [-0.05, 0) is 18.9 Å². The molecule has 0 spiro atoms. The molecule has 0 aliphatic carbocycles. The second-order valence-corrected chi connectivity index (χ2v) is 6.42. The van der Waals surface area contributed by atoms with Gasteiger partial charge in [-0.1, -0.05) is 63.9 Å². The normalized spacial score (nSPS) is 12.7. The Labute approximate surface area is 134 Å². The lowest BCUT2D eigenvalue weighted by Gasteiger charge is -2.33. The second kappa shape index (κ2) is 8.72. The van der Waals surface area contributed by atoms with Crippen LogP contribution in [0.5, 0.6) is 0 Å². The van der Waals surface area contributed by atoms with Crippen LogP contribution in [0.15, 0.2) is 30.3 Å². The zero-order valence-electron chi connectivity index (χ0n) is 14.2. The third kappa shape index (κ3) is 5.28. The number of Topliss-reactive ketones (excluding diaryl/α,β-unsaturated/α-hetero) is 1. The van der Waals surface area contributed by atoms with Gasteiger partial charge in [0, 0.05) is 11.8 Å². The monoisotopic (exact) mass is 304 g/mol. The summed E-state index contributed by atoms with van der Waals surface area (Å²) in [5, 5.41) is 0. The molecule has 0 fully saturated rings. The van der Waals surface area contributed by atoms with E-state index in [0.717, 1.165) is 24.8 Å². The zero-order chi connectivity index (χ0) is 16.6. The van der Waals surface area contributed by atoms with Crippen LogP contribution < -0.4 is 0 Å². The molecule has 1 aromatic rings. The van der Waals surface area contributed by atoms with Crippen LogP contribution in [0.3, 0.4) is 0 Å². The highest BCUT2D eigenvalue weighted by Crippen LogP contribution is 2.35. The van der Waals surface area contributed by atoms with E-state index in [0.29, 0.717) is 6.61 Å². The van der Waals surface area contributed by atoms with E-state index in [1.54, 1.807) is 0 Å². The maximum Gasteiger partial charge on any atom is 0.310 e. The Kier molecular flexibility index (Phi) is 7.30. The Balaban J connectivity index is 2.87. The molecule has 0 aliphatic heterocycles. The van der Waals surface area contributed by atoms with Crippen molar-refractivity contribution in [1.29, 1.82) is 0 Å². The van der Waals surface area contributed by atoms with Gasteiger partial charge in [0.15, 0.2) is 0 Å². The van der Waals surface area contributed by atoms with Gasteiger partial charge in [-0.2, -0.15) is 0 Å². The number of carbonyl (C=O) groups excluding carboxylic acids is 2. The molecule has 1 aromatic carbocycles. The van der Waals surface area contributed by atoms with Crippen LogP contribution in [0.1, 0.15) is 58.9 Å². The highest BCUT2D eigenvalue weighted by atomic mass is 16.5. The minimum Gasteiger partial charge on any atom is -0.465 e. The molecule has 1 unspecified atom stereocenters. The molecule has 0 aliphatic rings. The lowest BCUT2D eigenvalue weighted by Crippen LogP contribution is -2.37. The molecule has 0 aromatic heterocycles. The predicted octanol–water partition coefficient (Wildman–Crippen LogP) is 4.29. The zero-order valence-corrected chi connectivity index (χ0v) is 14.2. The van der Waals surface area contributed by atoms with Crippen LogP contribution in [0.2, 0.25) is 0 Å². The number of esters is 1. The molecule has 1 rings (SSSR count). The van der Waals surface area contributed by atoms with Gasteiger partial charge in [-0.15, -0.1) is 0 Å². The summed E-state index contributed by atoms with van der Waals surface area (Å²) in [7, 11) is 0. The molecule has 22 heavy (non-hydrogen) atoms. The third-order valence-corrected chi connectivity index (χ3v) is 4.16. The highest BCUT2D eigenvalue weighted by Gasteiger charge is 2.38. The number of benzene rings is 1. The number of ether oxygens (including phenoxy) is 1. The lowest BCUT2D eigenvalue weighted by atomic mass is 9.71. The van der Waals surface area contributed by atoms with Gasteiger partial charge in [0.1, 0.15) is 5.78 Å². The van der Waals surface area contributed by atoms with Crippen LogP contribution in [0.25, 0.3) is 0 Å². The van der Waals surface area contributed by atoms with Gasteiger partial charge in [-0.25, -0.2) is 0 Å². The van der Waals surface area contributed by atoms with Crippen LogP contribution >= 0.6 is 0 Å². The first-order valence-electron chi connectivity index (χ1n) is 8.11. The minimum atomic E-state index is -0.450. The molecular formula is C19H28O3. The first-order chi connectivity index (χ1) is 10.4. The summed E-state index contributed by atoms with van der Waals surface area (Å²) in [4.78, 5) is 24.1. The summed E-state index contributed by atoms with van der Waals surface area (Å²) in [5.41, 5.74) is 0.612. The van der Waals surface area contributed by atoms with E-state index in [9.17, 15) is 9.59 Å². The van der Waals surface area contributed by atoms with E-state index in [2.05, 4.69) is 6.92 Å². The van der Waals surface area contributed by atoms with Gasteiger partial charge in [0.2, 0.25) is 0 Å². The molecule has 3 heteroatoms. The average molecular weight is 304 g/mol. The van der Waals surface area contributed by atoms with Crippen molar-refractivity contribution in [2.45, 2.75) is 58.8 Å². The van der Waals surface area contributed by atoms with Gasteiger partial charge < -0.3 is 9.53 Å². The van der Waals surface area contributed by atoms with Crippen molar-refractivity contribution >= 4 is 11.8 Å². The van der Waals surface area contributed by atoms with E-state index < -0.39 is 11.3 Å². The van der Waals surface area contributed by atoms with E-state index in [1.165, 1.54) is 6.92 Å². The van der Waals surface area contributed by atoms with Gasteiger partial charge >= 0.3 is 5.97 Å². The minimum absolute atomic E-state index is 0.0134. The summed E-state index contributed by atoms with van der Waals surface area (Å²) in [6.45, 7) is 8.08. The molecule has 1 atom stereocenters. The predicted molar refractivity (Wildman–Crippen MR) is 88.7 cm³/mol. The topological polar surface area (TPSA) is 43.4 Å². The smallest absolute Gasteiger partial charge is 0.310 e. The van der Waals surface area contributed by atoms with Crippen molar-refractivity contribution in [3.8, 4) is 0 Å². The average Bonchev–Trinajstić information content (AvgIpc) is 2.49. The molecule has 0 N–H and O–H groups in total. The molecular weight excluding hydrogens is 276 g/mol. The summed E-state index contributed by atoms with van der Waals surface area (Å²) < 4.78 is 5.42. The lowest BCUT2D eigenvalue weighted by molar-refractivity contribution is -0.152. The Morgan fingerprint density at radius 2 is 1.77 bits per heavy atom. The Bertz CT molecular complexity index is 477. The SMILES string of the molecule is CCCCCOC(=O)C(CC(C)=O)C(C)(C)c1ccccc1. The van der Waals surface area contributed by atoms with E-state index >= 15 is 0 Å². The van der Waals surface area contributed by atoms with E-state index in [-0.39, 0.29) is 18.2 Å². The number of carbonyl (C=O) groups is 2. The van der Waals surface area contributed by atoms with Crippen LogP contribution in [-0.2, 0) is 19.7 Å². The molecule has 0 saturated carbocycles. The highest BCUT2D eigenvalue weighted by molar-refractivity contribution is 5.84. The van der Waals surface area contributed by atoms with Crippen LogP contribution in [0, 0.1) is 5.92 Å². The van der Waals surface area contributed by atoms with E-state index in [1.807, 2.05) is 44.2 Å².